The second-order valence-corrected chi connectivity index (χ2v) is 5.31. The molecule has 1 heterocycles. The Morgan fingerprint density at radius 3 is 2.60 bits per heavy atom. The first-order valence-corrected chi connectivity index (χ1v) is 6.38. The van der Waals surface area contributed by atoms with Gasteiger partial charge in [0, 0.05) is 10.8 Å². The van der Waals surface area contributed by atoms with Crippen LogP contribution in [0.4, 0.5) is 0 Å². The zero-order chi connectivity index (χ0) is 10.9. The normalized spacial score (nSPS) is 18.6. The summed E-state index contributed by atoms with van der Waals surface area (Å²) >= 11 is 0. The summed E-state index contributed by atoms with van der Waals surface area (Å²) in [6.07, 6.45) is 2.38. The van der Waals surface area contributed by atoms with Gasteiger partial charge in [0.25, 0.3) is 0 Å². The first-order chi connectivity index (χ1) is 7.08. The Hall–Kier alpha value is -1.35. The Labute approximate surface area is 89.9 Å². The zero-order valence-electron chi connectivity index (χ0n) is 8.47. The van der Waals surface area contributed by atoms with E-state index in [2.05, 4.69) is 0 Å². The molecule has 0 saturated heterocycles. The van der Waals surface area contributed by atoms with Crippen molar-refractivity contribution in [2.75, 3.05) is 0 Å². The predicted octanol–water partition coefficient (Wildman–Crippen LogP) is 2.67. The van der Waals surface area contributed by atoms with Gasteiger partial charge in [-0.1, -0.05) is 30.3 Å². The largest absolute Gasteiger partial charge is 0.220 e. The van der Waals surface area contributed by atoms with Crippen LogP contribution in [0, 0.1) is 6.92 Å². The van der Waals surface area contributed by atoms with E-state index < -0.39 is 9.84 Å². The second-order valence-electron chi connectivity index (χ2n) is 3.62. The Kier molecular flexibility index (Phi) is 2.49. The Bertz CT molecular complexity index is 536. The Balaban J connectivity index is 2.51. The van der Waals surface area contributed by atoms with Gasteiger partial charge in [-0.2, -0.15) is 0 Å². The molecule has 1 aliphatic rings. The lowest BCUT2D eigenvalue weighted by atomic mass is 10.00. The molecule has 1 aliphatic heterocycles. The molecule has 0 fully saturated rings. The zero-order valence-corrected chi connectivity index (χ0v) is 9.29. The molecule has 0 unspecified atom stereocenters. The van der Waals surface area contributed by atoms with Crippen molar-refractivity contribution in [1.29, 1.82) is 0 Å². The number of benzene rings is 1. The second kappa shape index (κ2) is 3.66. The van der Waals surface area contributed by atoms with Crippen molar-refractivity contribution < 1.29 is 8.42 Å². The molecule has 0 spiro atoms. The quantitative estimate of drug-likeness (QED) is 0.729. The average Bonchev–Trinajstić information content (AvgIpc) is 2.17. The minimum absolute atomic E-state index is 0.685. The highest BCUT2D eigenvalue weighted by molar-refractivity contribution is 7.97. The standard InChI is InChI=1S/C12H12O2S/c1-10-5-2-3-7-12(10)11-6-4-8-15(13,14)9-11/h2-5,7-9H,6H2,1H3. The van der Waals surface area contributed by atoms with Crippen molar-refractivity contribution in [1.82, 2.24) is 0 Å². The van der Waals surface area contributed by atoms with Crippen LogP contribution in [0.3, 0.4) is 0 Å². The first-order valence-electron chi connectivity index (χ1n) is 4.77. The maximum Gasteiger partial charge on any atom is 0.193 e. The number of allylic oxidation sites excluding steroid dienone is 2. The van der Waals surface area contributed by atoms with E-state index >= 15 is 0 Å². The molecular weight excluding hydrogens is 208 g/mol. The summed E-state index contributed by atoms with van der Waals surface area (Å²) in [7, 11) is -3.14. The molecule has 3 heteroatoms. The van der Waals surface area contributed by atoms with Crippen molar-refractivity contribution in [3.05, 3.63) is 52.3 Å². The molecule has 0 amide bonds. The van der Waals surface area contributed by atoms with Gasteiger partial charge in [0.2, 0.25) is 0 Å². The summed E-state index contributed by atoms with van der Waals surface area (Å²) in [6, 6.07) is 7.82. The van der Waals surface area contributed by atoms with E-state index in [1.807, 2.05) is 31.2 Å². The molecule has 0 aromatic heterocycles. The molecule has 2 rings (SSSR count). The predicted molar refractivity (Wildman–Crippen MR) is 61.8 cm³/mol. The summed E-state index contributed by atoms with van der Waals surface area (Å²) in [5, 5.41) is 2.62. The fourth-order valence-corrected chi connectivity index (χ4v) is 2.76. The first kappa shape index (κ1) is 10.2. The number of aryl methyl sites for hydroxylation is 1. The van der Waals surface area contributed by atoms with Crippen molar-refractivity contribution >= 4 is 15.4 Å². The van der Waals surface area contributed by atoms with E-state index in [1.165, 1.54) is 10.8 Å². The highest BCUT2D eigenvalue weighted by Gasteiger charge is 2.12. The van der Waals surface area contributed by atoms with Crippen LogP contribution in [0.1, 0.15) is 17.5 Å². The van der Waals surface area contributed by atoms with Gasteiger partial charge < -0.3 is 0 Å². The van der Waals surface area contributed by atoms with E-state index in [9.17, 15) is 8.42 Å². The summed E-state index contributed by atoms with van der Waals surface area (Å²) < 4.78 is 22.8. The van der Waals surface area contributed by atoms with Gasteiger partial charge in [0.15, 0.2) is 9.84 Å². The molecule has 0 bridgehead atoms. The highest BCUT2D eigenvalue weighted by atomic mass is 32.2. The third kappa shape index (κ3) is 2.18. The van der Waals surface area contributed by atoms with E-state index in [0.717, 1.165) is 16.7 Å². The number of rotatable bonds is 1. The number of sulfone groups is 1. The van der Waals surface area contributed by atoms with Gasteiger partial charge in [-0.25, -0.2) is 8.42 Å². The fourth-order valence-electron chi connectivity index (χ4n) is 1.70. The highest BCUT2D eigenvalue weighted by Crippen LogP contribution is 2.26. The van der Waals surface area contributed by atoms with E-state index in [-0.39, 0.29) is 0 Å². The van der Waals surface area contributed by atoms with Crippen molar-refractivity contribution in [2.24, 2.45) is 0 Å². The van der Waals surface area contributed by atoms with Gasteiger partial charge in [-0.05, 0) is 30.0 Å². The molecule has 0 saturated carbocycles. The Morgan fingerprint density at radius 1 is 1.20 bits per heavy atom. The molecule has 2 nitrogen and oxygen atoms in total. The van der Waals surface area contributed by atoms with Gasteiger partial charge in [0.05, 0.1) is 0 Å². The van der Waals surface area contributed by atoms with E-state index in [1.54, 1.807) is 6.08 Å². The molecular formula is C12H12O2S. The van der Waals surface area contributed by atoms with Gasteiger partial charge in [-0.15, -0.1) is 0 Å². The molecule has 78 valence electrons. The van der Waals surface area contributed by atoms with Gasteiger partial charge >= 0.3 is 0 Å². The molecule has 0 N–H and O–H groups in total. The van der Waals surface area contributed by atoms with Crippen LogP contribution in [0.15, 0.2) is 41.2 Å². The average molecular weight is 220 g/mol. The van der Waals surface area contributed by atoms with E-state index in [0.29, 0.717) is 6.42 Å². The lowest BCUT2D eigenvalue weighted by Gasteiger charge is -2.11. The van der Waals surface area contributed by atoms with E-state index in [4.69, 9.17) is 0 Å². The summed E-state index contributed by atoms with van der Waals surface area (Å²) in [6.45, 7) is 1.99. The van der Waals surface area contributed by atoms with Crippen LogP contribution >= 0.6 is 0 Å². The summed E-state index contributed by atoms with van der Waals surface area (Å²) in [5.41, 5.74) is 3.00. The van der Waals surface area contributed by atoms with Crippen LogP contribution in [0.2, 0.25) is 0 Å². The minimum atomic E-state index is -3.14. The molecule has 15 heavy (non-hydrogen) atoms. The van der Waals surface area contributed by atoms with Crippen LogP contribution in [0.25, 0.3) is 5.57 Å². The van der Waals surface area contributed by atoms with Crippen molar-refractivity contribution in [3.8, 4) is 0 Å². The summed E-state index contributed by atoms with van der Waals surface area (Å²) in [4.78, 5) is 0. The topological polar surface area (TPSA) is 34.1 Å². The van der Waals surface area contributed by atoms with Gasteiger partial charge in [-0.3, -0.25) is 0 Å². The maximum atomic E-state index is 11.4. The third-order valence-corrected chi connectivity index (χ3v) is 3.61. The number of hydrogen-bond acceptors (Lipinski definition) is 2. The van der Waals surface area contributed by atoms with Crippen LogP contribution in [-0.4, -0.2) is 8.42 Å². The smallest absolute Gasteiger partial charge is 0.193 e. The number of hydrogen-bond donors (Lipinski definition) is 0. The lowest BCUT2D eigenvalue weighted by molar-refractivity contribution is 0.612. The monoisotopic (exact) mass is 220 g/mol. The van der Waals surface area contributed by atoms with Crippen LogP contribution in [0.5, 0.6) is 0 Å². The third-order valence-electron chi connectivity index (χ3n) is 2.42. The summed E-state index contributed by atoms with van der Waals surface area (Å²) in [5.74, 6) is 0. The lowest BCUT2D eigenvalue weighted by Crippen LogP contribution is -1.98. The molecule has 1 aromatic rings. The Morgan fingerprint density at radius 2 is 1.93 bits per heavy atom. The van der Waals surface area contributed by atoms with Crippen molar-refractivity contribution in [3.63, 3.8) is 0 Å². The minimum Gasteiger partial charge on any atom is -0.220 e. The molecule has 1 aromatic carbocycles. The van der Waals surface area contributed by atoms with Gasteiger partial charge in [0.1, 0.15) is 0 Å². The van der Waals surface area contributed by atoms with Crippen LogP contribution in [-0.2, 0) is 9.84 Å². The maximum absolute atomic E-state index is 11.4. The van der Waals surface area contributed by atoms with Crippen LogP contribution < -0.4 is 0 Å². The SMILES string of the molecule is Cc1ccccc1C1=CS(=O)(=O)C=CC1. The molecule has 0 radical (unpaired) electrons. The molecule has 0 atom stereocenters. The fraction of sp³-hybridized carbons (Fsp3) is 0.167. The van der Waals surface area contributed by atoms with Crippen molar-refractivity contribution in [2.45, 2.75) is 13.3 Å². The molecule has 0 aliphatic carbocycles.